The highest BCUT2D eigenvalue weighted by molar-refractivity contribution is 6.00. The number of fused-ring (bicyclic) bond motifs is 2. The van der Waals surface area contributed by atoms with Gasteiger partial charge in [0, 0.05) is 5.56 Å². The summed E-state index contributed by atoms with van der Waals surface area (Å²) in [5, 5.41) is 18.4. The third-order valence-electron chi connectivity index (χ3n) is 6.20. The number of nitrogens with zero attached hydrogens (tertiary/aromatic N) is 4. The molecule has 0 amide bonds. The molecule has 0 saturated heterocycles. The zero-order chi connectivity index (χ0) is 20.3. The van der Waals surface area contributed by atoms with Crippen LogP contribution in [0.1, 0.15) is 32.1 Å². The Balaban J connectivity index is 1.44. The number of anilines is 1. The monoisotopic (exact) mass is 401 g/mol. The smallest absolute Gasteiger partial charge is 0.164 e. The number of rotatable bonds is 5. The van der Waals surface area contributed by atoms with E-state index in [-0.39, 0.29) is 0 Å². The Kier molecular flexibility index (Phi) is 3.77. The Labute approximate surface area is 173 Å². The third kappa shape index (κ3) is 2.97. The lowest BCUT2D eigenvalue weighted by molar-refractivity contribution is -0.0489. The number of nitrogens with two attached hydrogens (primary N) is 1. The Bertz CT molecular complexity index is 1270. The van der Waals surface area contributed by atoms with Crippen molar-refractivity contribution < 1.29 is 9.84 Å². The van der Waals surface area contributed by atoms with Gasteiger partial charge >= 0.3 is 0 Å². The van der Waals surface area contributed by atoms with Crippen molar-refractivity contribution in [3.8, 4) is 17.0 Å². The van der Waals surface area contributed by atoms with Crippen LogP contribution in [0.2, 0.25) is 0 Å². The second-order valence-corrected chi connectivity index (χ2v) is 8.58. The van der Waals surface area contributed by atoms with E-state index in [0.29, 0.717) is 24.1 Å². The molecule has 152 valence electrons. The van der Waals surface area contributed by atoms with Crippen LogP contribution in [0.4, 0.5) is 5.82 Å². The van der Waals surface area contributed by atoms with Crippen LogP contribution in [-0.4, -0.2) is 36.6 Å². The first-order chi connectivity index (χ1) is 14.6. The minimum Gasteiger partial charge on any atom is -0.490 e. The number of hydrogen-bond acceptors (Lipinski definition) is 6. The van der Waals surface area contributed by atoms with Gasteiger partial charge in [-0.1, -0.05) is 18.2 Å². The number of aromatic nitrogens is 4. The maximum absolute atomic E-state index is 10.7. The summed E-state index contributed by atoms with van der Waals surface area (Å²) in [6.07, 6.45) is 6.72. The Morgan fingerprint density at radius 2 is 1.90 bits per heavy atom. The molecule has 3 N–H and O–H groups in total. The van der Waals surface area contributed by atoms with Crippen LogP contribution in [-0.2, 0) is 6.54 Å². The molecule has 2 aliphatic carbocycles. The van der Waals surface area contributed by atoms with Crippen LogP contribution >= 0.6 is 0 Å². The fourth-order valence-corrected chi connectivity index (χ4v) is 4.19. The van der Waals surface area contributed by atoms with E-state index in [1.165, 1.54) is 6.33 Å². The highest BCUT2D eigenvalue weighted by Gasteiger charge is 2.36. The summed E-state index contributed by atoms with van der Waals surface area (Å²) in [4.78, 5) is 8.60. The highest BCUT2D eigenvalue weighted by Crippen LogP contribution is 2.37. The SMILES string of the molecule is Nc1ncnc2c1c(-c1ccc3cc(OC4CC4)ccc3c1)nn2CC1(O)CCC1. The molecule has 0 atom stereocenters. The standard InChI is InChI=1S/C23H23N5O2/c24-21-19-20(27-28(22(19)26-13-25-21)12-23(29)8-1-9-23)16-3-2-15-11-18(30-17-6-7-17)5-4-14(15)10-16/h2-5,10-11,13,17,29H,1,6-9,12H2,(H2,24,25,26). The summed E-state index contributed by atoms with van der Waals surface area (Å²) in [6, 6.07) is 12.4. The first-order valence-corrected chi connectivity index (χ1v) is 10.5. The molecule has 7 heteroatoms. The van der Waals surface area contributed by atoms with E-state index in [9.17, 15) is 5.11 Å². The van der Waals surface area contributed by atoms with Gasteiger partial charge in [0.05, 0.1) is 23.6 Å². The van der Waals surface area contributed by atoms with E-state index in [2.05, 4.69) is 34.2 Å². The van der Waals surface area contributed by atoms with E-state index in [4.69, 9.17) is 15.6 Å². The van der Waals surface area contributed by atoms with Crippen molar-refractivity contribution in [1.29, 1.82) is 0 Å². The molecule has 2 aromatic carbocycles. The first kappa shape index (κ1) is 17.7. The minimum atomic E-state index is -0.711. The molecule has 30 heavy (non-hydrogen) atoms. The molecule has 2 aromatic heterocycles. The summed E-state index contributed by atoms with van der Waals surface area (Å²) in [5.41, 5.74) is 7.86. The van der Waals surface area contributed by atoms with Gasteiger partial charge in [-0.2, -0.15) is 5.10 Å². The predicted molar refractivity (Wildman–Crippen MR) is 115 cm³/mol. The van der Waals surface area contributed by atoms with Crippen molar-refractivity contribution in [3.05, 3.63) is 42.7 Å². The molecule has 0 unspecified atom stereocenters. The number of hydrogen-bond donors (Lipinski definition) is 2. The van der Waals surface area contributed by atoms with Crippen LogP contribution in [0.15, 0.2) is 42.7 Å². The summed E-state index contributed by atoms with van der Waals surface area (Å²) < 4.78 is 7.69. The van der Waals surface area contributed by atoms with E-state index in [1.54, 1.807) is 4.68 Å². The minimum absolute atomic E-state index is 0.380. The van der Waals surface area contributed by atoms with Crippen molar-refractivity contribution >= 4 is 27.6 Å². The van der Waals surface area contributed by atoms with Crippen molar-refractivity contribution in [2.24, 2.45) is 0 Å². The average Bonchev–Trinajstić information content (AvgIpc) is 3.46. The molecule has 0 radical (unpaired) electrons. The Morgan fingerprint density at radius 1 is 1.10 bits per heavy atom. The Hall–Kier alpha value is -3.19. The van der Waals surface area contributed by atoms with Gasteiger partial charge in [0.1, 0.15) is 23.6 Å². The molecule has 6 rings (SSSR count). The normalized spacial score (nSPS) is 17.9. The summed E-state index contributed by atoms with van der Waals surface area (Å²) in [6.45, 7) is 0.412. The topological polar surface area (TPSA) is 99.1 Å². The van der Waals surface area contributed by atoms with Gasteiger partial charge in [0.25, 0.3) is 0 Å². The van der Waals surface area contributed by atoms with Gasteiger partial charge in [0.2, 0.25) is 0 Å². The van der Waals surface area contributed by atoms with Crippen LogP contribution in [0, 0.1) is 0 Å². The molecule has 0 spiro atoms. The van der Waals surface area contributed by atoms with Crippen LogP contribution < -0.4 is 10.5 Å². The largest absolute Gasteiger partial charge is 0.490 e. The molecule has 2 fully saturated rings. The molecule has 0 aliphatic heterocycles. The molecular weight excluding hydrogens is 378 g/mol. The molecule has 7 nitrogen and oxygen atoms in total. The highest BCUT2D eigenvalue weighted by atomic mass is 16.5. The lowest BCUT2D eigenvalue weighted by atomic mass is 9.80. The summed E-state index contributed by atoms with van der Waals surface area (Å²) in [7, 11) is 0. The second-order valence-electron chi connectivity index (χ2n) is 8.58. The maximum Gasteiger partial charge on any atom is 0.164 e. The molecule has 2 heterocycles. The fourth-order valence-electron chi connectivity index (χ4n) is 4.19. The van der Waals surface area contributed by atoms with Crippen LogP contribution in [0.3, 0.4) is 0 Å². The third-order valence-corrected chi connectivity index (χ3v) is 6.20. The molecular formula is C23H23N5O2. The Morgan fingerprint density at radius 3 is 2.67 bits per heavy atom. The van der Waals surface area contributed by atoms with Gasteiger partial charge in [-0.15, -0.1) is 0 Å². The molecule has 4 aromatic rings. The van der Waals surface area contributed by atoms with Crippen molar-refractivity contribution in [3.63, 3.8) is 0 Å². The van der Waals surface area contributed by atoms with Crippen LogP contribution in [0.5, 0.6) is 5.75 Å². The lowest BCUT2D eigenvalue weighted by Gasteiger charge is -2.36. The van der Waals surface area contributed by atoms with E-state index in [0.717, 1.165) is 65.3 Å². The molecule has 0 bridgehead atoms. The molecule has 2 aliphatic rings. The fraction of sp³-hybridized carbons (Fsp3) is 0.348. The van der Waals surface area contributed by atoms with Gasteiger partial charge in [-0.05, 0) is 61.1 Å². The molecule has 2 saturated carbocycles. The quantitative estimate of drug-likeness (QED) is 0.529. The van der Waals surface area contributed by atoms with Crippen LogP contribution in [0.25, 0.3) is 33.1 Å². The van der Waals surface area contributed by atoms with Crippen molar-refractivity contribution in [1.82, 2.24) is 19.7 Å². The first-order valence-electron chi connectivity index (χ1n) is 10.5. The number of benzene rings is 2. The van der Waals surface area contributed by atoms with E-state index in [1.807, 2.05) is 12.1 Å². The second kappa shape index (κ2) is 6.40. The van der Waals surface area contributed by atoms with Gasteiger partial charge in [-0.3, -0.25) is 0 Å². The number of ether oxygens (including phenoxy) is 1. The zero-order valence-corrected chi connectivity index (χ0v) is 16.6. The average molecular weight is 401 g/mol. The summed E-state index contributed by atoms with van der Waals surface area (Å²) in [5.74, 6) is 1.31. The lowest BCUT2D eigenvalue weighted by Crippen LogP contribution is -2.41. The van der Waals surface area contributed by atoms with Gasteiger partial charge in [0.15, 0.2) is 5.65 Å². The predicted octanol–water partition coefficient (Wildman–Crippen LogP) is 3.68. The summed E-state index contributed by atoms with van der Waals surface area (Å²) >= 11 is 0. The van der Waals surface area contributed by atoms with Gasteiger partial charge < -0.3 is 15.6 Å². The van der Waals surface area contributed by atoms with E-state index < -0.39 is 5.60 Å². The zero-order valence-electron chi connectivity index (χ0n) is 16.6. The van der Waals surface area contributed by atoms with Gasteiger partial charge in [-0.25, -0.2) is 14.6 Å². The number of nitrogen functional groups attached to an aromatic ring is 1. The van der Waals surface area contributed by atoms with Crippen molar-refractivity contribution in [2.75, 3.05) is 5.73 Å². The maximum atomic E-state index is 10.7. The van der Waals surface area contributed by atoms with Crippen molar-refractivity contribution in [2.45, 2.75) is 50.4 Å². The van der Waals surface area contributed by atoms with E-state index >= 15 is 0 Å². The number of aliphatic hydroxyl groups is 1.